The molecule has 0 aliphatic carbocycles. The highest BCUT2D eigenvalue weighted by Crippen LogP contribution is 2.28. The number of amides is 1. The lowest BCUT2D eigenvalue weighted by molar-refractivity contribution is -0.115. The highest BCUT2D eigenvalue weighted by Gasteiger charge is 2.11. The van der Waals surface area contributed by atoms with Gasteiger partial charge in [-0.3, -0.25) is 4.79 Å². The fourth-order valence-corrected chi connectivity index (χ4v) is 2.37. The average molecular weight is 321 g/mol. The molecule has 0 aliphatic heterocycles. The maximum atomic E-state index is 13.3. The first-order valence-corrected chi connectivity index (χ1v) is 7.26. The first kappa shape index (κ1) is 16.3. The molecular weight excluding hydrogens is 303 g/mol. The summed E-state index contributed by atoms with van der Waals surface area (Å²) in [5.41, 5.74) is 3.05. The molecule has 0 unspecified atom stereocenters. The molecule has 5 heteroatoms. The number of carbonyl (C=O) groups excluding carboxylic acids is 1. The van der Waals surface area contributed by atoms with Crippen molar-refractivity contribution in [2.75, 3.05) is 24.3 Å². The van der Waals surface area contributed by atoms with E-state index in [1.165, 1.54) is 12.1 Å². The maximum absolute atomic E-state index is 13.3. The molecule has 0 saturated carbocycles. The van der Waals surface area contributed by atoms with Crippen LogP contribution in [0.3, 0.4) is 0 Å². The van der Waals surface area contributed by atoms with Crippen LogP contribution in [0.1, 0.15) is 11.1 Å². The third-order valence-corrected chi connectivity index (χ3v) is 3.61. The molecule has 2 aromatic rings. The lowest BCUT2D eigenvalue weighted by Crippen LogP contribution is -2.18. The van der Waals surface area contributed by atoms with Gasteiger partial charge in [0.05, 0.1) is 17.8 Å². The average Bonchev–Trinajstić information content (AvgIpc) is 2.42. The Kier molecular flexibility index (Phi) is 5.03. The van der Waals surface area contributed by atoms with Crippen molar-refractivity contribution in [2.24, 2.45) is 0 Å². The van der Waals surface area contributed by atoms with Crippen LogP contribution in [0, 0.1) is 12.7 Å². The fraction of sp³-hybridized carbons (Fsp3) is 0.235. The molecule has 0 radical (unpaired) electrons. The zero-order chi connectivity index (χ0) is 16.3. The van der Waals surface area contributed by atoms with Crippen molar-refractivity contribution >= 4 is 28.9 Å². The van der Waals surface area contributed by atoms with E-state index in [0.29, 0.717) is 16.3 Å². The molecule has 0 bridgehead atoms. The molecular formula is C17H18ClFN2O. The summed E-state index contributed by atoms with van der Waals surface area (Å²) in [7, 11) is 3.77. The van der Waals surface area contributed by atoms with Crippen molar-refractivity contribution < 1.29 is 9.18 Å². The van der Waals surface area contributed by atoms with E-state index in [9.17, 15) is 9.18 Å². The van der Waals surface area contributed by atoms with Crippen LogP contribution in [0.25, 0.3) is 0 Å². The number of anilines is 2. The van der Waals surface area contributed by atoms with Crippen molar-refractivity contribution in [2.45, 2.75) is 13.3 Å². The monoisotopic (exact) mass is 320 g/mol. The Morgan fingerprint density at radius 2 is 1.95 bits per heavy atom. The van der Waals surface area contributed by atoms with Crippen molar-refractivity contribution in [1.29, 1.82) is 0 Å². The number of halogens is 2. The molecule has 2 rings (SSSR count). The molecule has 1 N–H and O–H groups in total. The Hall–Kier alpha value is -2.07. The second-order valence-corrected chi connectivity index (χ2v) is 5.79. The first-order chi connectivity index (χ1) is 10.4. The van der Waals surface area contributed by atoms with Gasteiger partial charge in [0.2, 0.25) is 5.91 Å². The van der Waals surface area contributed by atoms with Gasteiger partial charge >= 0.3 is 0 Å². The van der Waals surface area contributed by atoms with Crippen LogP contribution in [0.2, 0.25) is 5.02 Å². The van der Waals surface area contributed by atoms with Gasteiger partial charge in [0.1, 0.15) is 5.82 Å². The molecule has 116 valence electrons. The minimum absolute atomic E-state index is 0.114. The van der Waals surface area contributed by atoms with Gasteiger partial charge < -0.3 is 10.2 Å². The number of benzene rings is 2. The molecule has 0 spiro atoms. The SMILES string of the molecule is Cc1ccc(F)cc1CC(=O)Nc1cc(Cl)ccc1N(C)C. The fourth-order valence-electron chi connectivity index (χ4n) is 2.20. The molecule has 0 aliphatic rings. The van der Waals surface area contributed by atoms with Crippen molar-refractivity contribution in [3.8, 4) is 0 Å². The minimum atomic E-state index is -0.342. The molecule has 0 aromatic heterocycles. The Morgan fingerprint density at radius 3 is 2.64 bits per heavy atom. The molecule has 1 amide bonds. The smallest absolute Gasteiger partial charge is 0.228 e. The van der Waals surface area contributed by atoms with Gasteiger partial charge in [-0.15, -0.1) is 0 Å². The van der Waals surface area contributed by atoms with Gasteiger partial charge in [0, 0.05) is 19.1 Å². The summed E-state index contributed by atoms with van der Waals surface area (Å²) in [6.45, 7) is 1.85. The predicted octanol–water partition coefficient (Wildman–Crippen LogP) is 4.03. The molecule has 0 heterocycles. The van der Waals surface area contributed by atoms with E-state index in [-0.39, 0.29) is 18.1 Å². The second-order valence-electron chi connectivity index (χ2n) is 5.35. The number of carbonyl (C=O) groups is 1. The van der Waals surface area contributed by atoms with Crippen LogP contribution >= 0.6 is 11.6 Å². The van der Waals surface area contributed by atoms with Gasteiger partial charge in [-0.2, -0.15) is 0 Å². The lowest BCUT2D eigenvalue weighted by atomic mass is 10.1. The van der Waals surface area contributed by atoms with Crippen molar-refractivity contribution in [3.05, 3.63) is 58.4 Å². The van der Waals surface area contributed by atoms with Crippen LogP contribution in [-0.4, -0.2) is 20.0 Å². The van der Waals surface area contributed by atoms with Crippen LogP contribution in [0.4, 0.5) is 15.8 Å². The third-order valence-electron chi connectivity index (χ3n) is 3.38. The van der Waals surface area contributed by atoms with Crippen LogP contribution in [0.15, 0.2) is 36.4 Å². The summed E-state index contributed by atoms with van der Waals surface area (Å²) in [4.78, 5) is 14.1. The molecule has 0 saturated heterocycles. The standard InChI is InChI=1S/C17H18ClFN2O/c1-11-4-6-14(19)8-12(11)9-17(22)20-15-10-13(18)5-7-16(15)21(2)3/h4-8,10H,9H2,1-3H3,(H,20,22). The second kappa shape index (κ2) is 6.79. The number of hydrogen-bond donors (Lipinski definition) is 1. The van der Waals surface area contributed by atoms with E-state index in [1.807, 2.05) is 32.0 Å². The van der Waals surface area contributed by atoms with Gasteiger partial charge in [-0.05, 0) is 48.4 Å². The lowest BCUT2D eigenvalue weighted by Gasteiger charge is -2.18. The van der Waals surface area contributed by atoms with Gasteiger partial charge in [0.15, 0.2) is 0 Å². The van der Waals surface area contributed by atoms with Crippen LogP contribution in [-0.2, 0) is 11.2 Å². The molecule has 0 fully saturated rings. The number of nitrogens with one attached hydrogen (secondary N) is 1. The van der Waals surface area contributed by atoms with Gasteiger partial charge in [-0.25, -0.2) is 4.39 Å². The first-order valence-electron chi connectivity index (χ1n) is 6.88. The Balaban J connectivity index is 2.19. The minimum Gasteiger partial charge on any atom is -0.376 e. The van der Waals surface area contributed by atoms with Crippen LogP contribution < -0.4 is 10.2 Å². The van der Waals surface area contributed by atoms with E-state index in [1.54, 1.807) is 18.2 Å². The summed E-state index contributed by atoms with van der Waals surface area (Å²) in [6.07, 6.45) is 0.114. The highest BCUT2D eigenvalue weighted by atomic mass is 35.5. The van der Waals surface area contributed by atoms with E-state index < -0.39 is 0 Å². The predicted molar refractivity (Wildman–Crippen MR) is 89.2 cm³/mol. The summed E-state index contributed by atoms with van der Waals surface area (Å²) < 4.78 is 13.3. The number of aryl methyl sites for hydroxylation is 1. The quantitative estimate of drug-likeness (QED) is 0.922. The summed E-state index contributed by atoms with van der Waals surface area (Å²) in [5.74, 6) is -0.552. The van der Waals surface area contributed by atoms with Crippen molar-refractivity contribution in [1.82, 2.24) is 0 Å². The molecule has 2 aromatic carbocycles. The zero-order valence-corrected chi connectivity index (χ0v) is 13.5. The van der Waals surface area contributed by atoms with Gasteiger partial charge in [-0.1, -0.05) is 17.7 Å². The van der Waals surface area contributed by atoms with E-state index in [4.69, 9.17) is 11.6 Å². The van der Waals surface area contributed by atoms with E-state index in [0.717, 1.165) is 11.3 Å². The summed E-state index contributed by atoms with van der Waals surface area (Å²) in [6, 6.07) is 9.75. The number of rotatable bonds is 4. The Morgan fingerprint density at radius 1 is 1.23 bits per heavy atom. The van der Waals surface area contributed by atoms with E-state index in [2.05, 4.69) is 5.32 Å². The number of nitrogens with zero attached hydrogens (tertiary/aromatic N) is 1. The summed E-state index contributed by atoms with van der Waals surface area (Å²) in [5, 5.41) is 3.38. The van der Waals surface area contributed by atoms with E-state index >= 15 is 0 Å². The van der Waals surface area contributed by atoms with Crippen molar-refractivity contribution in [3.63, 3.8) is 0 Å². The molecule has 0 atom stereocenters. The number of hydrogen-bond acceptors (Lipinski definition) is 2. The third kappa shape index (κ3) is 3.98. The summed E-state index contributed by atoms with van der Waals surface area (Å²) >= 11 is 5.99. The largest absolute Gasteiger partial charge is 0.376 e. The highest BCUT2D eigenvalue weighted by molar-refractivity contribution is 6.31. The molecule has 22 heavy (non-hydrogen) atoms. The Bertz CT molecular complexity index is 701. The topological polar surface area (TPSA) is 32.3 Å². The maximum Gasteiger partial charge on any atom is 0.228 e. The van der Waals surface area contributed by atoms with Crippen LogP contribution in [0.5, 0.6) is 0 Å². The van der Waals surface area contributed by atoms with Gasteiger partial charge in [0.25, 0.3) is 0 Å². The normalized spacial score (nSPS) is 10.4. The zero-order valence-electron chi connectivity index (χ0n) is 12.8. The molecule has 3 nitrogen and oxygen atoms in total. The Labute approximate surface area is 134 Å².